The second-order valence-electron chi connectivity index (χ2n) is 6.22. The van der Waals surface area contributed by atoms with Gasteiger partial charge in [-0.1, -0.05) is 0 Å². The summed E-state index contributed by atoms with van der Waals surface area (Å²) in [5.74, 6) is 1.16. The molecule has 0 amide bonds. The molecule has 1 aliphatic rings. The monoisotopic (exact) mass is 341 g/mol. The van der Waals surface area contributed by atoms with Crippen LogP contribution in [0, 0.1) is 5.92 Å². The van der Waals surface area contributed by atoms with Gasteiger partial charge in [0.05, 0.1) is 12.0 Å². The molecule has 1 saturated heterocycles. The molecule has 3 aromatic heterocycles. The molecular formula is C17H23N7O. The first-order valence-corrected chi connectivity index (χ1v) is 8.84. The Morgan fingerprint density at radius 3 is 3.00 bits per heavy atom. The number of ether oxygens (including phenoxy) is 1. The van der Waals surface area contributed by atoms with Gasteiger partial charge in [-0.15, -0.1) is 0 Å². The lowest BCUT2D eigenvalue weighted by atomic mass is 9.99. The number of anilines is 1. The summed E-state index contributed by atoms with van der Waals surface area (Å²) >= 11 is 0. The van der Waals surface area contributed by atoms with Crippen molar-refractivity contribution in [3.63, 3.8) is 0 Å². The third-order valence-corrected chi connectivity index (χ3v) is 4.83. The third kappa shape index (κ3) is 2.86. The van der Waals surface area contributed by atoms with Crippen molar-refractivity contribution < 1.29 is 4.74 Å². The van der Waals surface area contributed by atoms with Gasteiger partial charge in [0.1, 0.15) is 17.9 Å². The second kappa shape index (κ2) is 6.79. The Labute approximate surface area is 146 Å². The minimum atomic E-state index is 0.0699. The quantitative estimate of drug-likeness (QED) is 0.740. The summed E-state index contributed by atoms with van der Waals surface area (Å²) < 4.78 is 10.0. The molecule has 3 aromatic rings. The molecule has 132 valence electrons. The molecule has 2 atom stereocenters. The summed E-state index contributed by atoms with van der Waals surface area (Å²) in [6.07, 6.45) is 6.33. The second-order valence-corrected chi connectivity index (χ2v) is 6.22. The smallest absolute Gasteiger partial charge is 0.165 e. The number of nitrogens with one attached hydrogen (secondary N) is 1. The zero-order chi connectivity index (χ0) is 17.2. The van der Waals surface area contributed by atoms with Gasteiger partial charge >= 0.3 is 0 Å². The standard InChI is InChI=1S/C17H23N7O/c1-3-23-11-21-14-16(19-10-20-17(14)23)18-9-12-6-8-25-15(12)13-5-7-22-24(13)4-2/h5,7,10-12,15H,3-4,6,8-9H2,1-2H3,(H,18,19,20)/t12-,15+/m0/s1. The van der Waals surface area contributed by atoms with Crippen molar-refractivity contribution in [3.8, 4) is 0 Å². The van der Waals surface area contributed by atoms with E-state index in [0.717, 1.165) is 55.3 Å². The molecule has 25 heavy (non-hydrogen) atoms. The van der Waals surface area contributed by atoms with Crippen LogP contribution in [0.4, 0.5) is 5.82 Å². The Hall–Kier alpha value is -2.48. The van der Waals surface area contributed by atoms with E-state index in [9.17, 15) is 0 Å². The average Bonchev–Trinajstić information content (AvgIpc) is 3.37. The molecule has 0 unspecified atom stereocenters. The Morgan fingerprint density at radius 1 is 1.24 bits per heavy atom. The van der Waals surface area contributed by atoms with Gasteiger partial charge in [0.2, 0.25) is 0 Å². The molecule has 0 aliphatic carbocycles. The van der Waals surface area contributed by atoms with Crippen LogP contribution < -0.4 is 5.32 Å². The van der Waals surface area contributed by atoms with Crippen molar-refractivity contribution in [1.29, 1.82) is 0 Å². The fraction of sp³-hybridized carbons (Fsp3) is 0.529. The van der Waals surface area contributed by atoms with Crippen LogP contribution in [-0.4, -0.2) is 42.5 Å². The van der Waals surface area contributed by atoms with Crippen LogP contribution >= 0.6 is 0 Å². The van der Waals surface area contributed by atoms with Crippen molar-refractivity contribution >= 4 is 17.0 Å². The number of aromatic nitrogens is 6. The highest BCUT2D eigenvalue weighted by Crippen LogP contribution is 2.34. The van der Waals surface area contributed by atoms with Crippen molar-refractivity contribution in [1.82, 2.24) is 29.3 Å². The summed E-state index contributed by atoms with van der Waals surface area (Å²) in [6.45, 7) is 7.42. The highest BCUT2D eigenvalue weighted by molar-refractivity contribution is 5.82. The highest BCUT2D eigenvalue weighted by atomic mass is 16.5. The van der Waals surface area contributed by atoms with E-state index in [1.54, 1.807) is 6.33 Å². The number of rotatable bonds is 6. The van der Waals surface area contributed by atoms with E-state index in [-0.39, 0.29) is 6.10 Å². The lowest BCUT2D eigenvalue weighted by molar-refractivity contribution is 0.0858. The van der Waals surface area contributed by atoms with E-state index < -0.39 is 0 Å². The largest absolute Gasteiger partial charge is 0.372 e. The molecule has 0 saturated carbocycles. The maximum atomic E-state index is 6.00. The summed E-state index contributed by atoms with van der Waals surface area (Å²) in [5.41, 5.74) is 2.83. The first-order valence-electron chi connectivity index (χ1n) is 8.84. The van der Waals surface area contributed by atoms with Gasteiger partial charge in [-0.05, 0) is 26.3 Å². The van der Waals surface area contributed by atoms with Crippen LogP contribution in [0.25, 0.3) is 11.2 Å². The van der Waals surface area contributed by atoms with Crippen molar-refractivity contribution in [2.75, 3.05) is 18.5 Å². The number of hydrogen-bond acceptors (Lipinski definition) is 6. The van der Waals surface area contributed by atoms with E-state index in [1.165, 1.54) is 0 Å². The van der Waals surface area contributed by atoms with E-state index in [4.69, 9.17) is 4.74 Å². The van der Waals surface area contributed by atoms with Crippen LogP contribution in [0.5, 0.6) is 0 Å². The molecular weight excluding hydrogens is 318 g/mol. The number of hydrogen-bond donors (Lipinski definition) is 1. The van der Waals surface area contributed by atoms with Gasteiger partial charge in [-0.25, -0.2) is 15.0 Å². The molecule has 0 aromatic carbocycles. The van der Waals surface area contributed by atoms with E-state index in [1.807, 2.05) is 21.8 Å². The molecule has 1 fully saturated rings. The number of fused-ring (bicyclic) bond motifs is 1. The number of imidazole rings is 1. The lowest BCUT2D eigenvalue weighted by Gasteiger charge is -2.20. The zero-order valence-electron chi connectivity index (χ0n) is 14.6. The van der Waals surface area contributed by atoms with Crippen molar-refractivity contribution in [2.24, 2.45) is 5.92 Å². The Balaban J connectivity index is 1.52. The molecule has 4 heterocycles. The van der Waals surface area contributed by atoms with E-state index in [0.29, 0.717) is 5.92 Å². The van der Waals surface area contributed by atoms with Gasteiger partial charge < -0.3 is 14.6 Å². The Kier molecular flexibility index (Phi) is 4.35. The first-order chi connectivity index (χ1) is 12.3. The summed E-state index contributed by atoms with van der Waals surface area (Å²) in [4.78, 5) is 13.2. The molecule has 0 radical (unpaired) electrons. The fourth-order valence-corrected chi connectivity index (χ4v) is 3.49. The molecule has 4 rings (SSSR count). The number of aryl methyl sites for hydroxylation is 2. The van der Waals surface area contributed by atoms with E-state index >= 15 is 0 Å². The first kappa shape index (κ1) is 16.0. The predicted octanol–water partition coefficient (Wildman–Crippen LogP) is 2.25. The van der Waals surface area contributed by atoms with Crippen LogP contribution in [0.3, 0.4) is 0 Å². The molecule has 8 heteroatoms. The molecule has 8 nitrogen and oxygen atoms in total. The van der Waals surface area contributed by atoms with Crippen LogP contribution in [0.1, 0.15) is 32.1 Å². The molecule has 0 spiro atoms. The van der Waals surface area contributed by atoms with Crippen molar-refractivity contribution in [2.45, 2.75) is 39.5 Å². The van der Waals surface area contributed by atoms with Crippen LogP contribution in [-0.2, 0) is 17.8 Å². The van der Waals surface area contributed by atoms with Gasteiger partial charge in [-0.3, -0.25) is 4.68 Å². The molecule has 1 N–H and O–H groups in total. The number of nitrogens with zero attached hydrogens (tertiary/aromatic N) is 6. The average molecular weight is 341 g/mol. The topological polar surface area (TPSA) is 82.7 Å². The summed E-state index contributed by atoms with van der Waals surface area (Å²) in [6, 6.07) is 2.05. The van der Waals surface area contributed by atoms with Gasteiger partial charge in [-0.2, -0.15) is 5.10 Å². The highest BCUT2D eigenvalue weighted by Gasteiger charge is 2.32. The Bertz CT molecular complexity index is 856. The minimum Gasteiger partial charge on any atom is -0.372 e. The summed E-state index contributed by atoms with van der Waals surface area (Å²) in [7, 11) is 0. The maximum absolute atomic E-state index is 6.00. The fourth-order valence-electron chi connectivity index (χ4n) is 3.49. The van der Waals surface area contributed by atoms with Crippen LogP contribution in [0.15, 0.2) is 24.9 Å². The van der Waals surface area contributed by atoms with E-state index in [2.05, 4.69) is 45.3 Å². The van der Waals surface area contributed by atoms with Gasteiger partial charge in [0.15, 0.2) is 11.5 Å². The predicted molar refractivity (Wildman–Crippen MR) is 94.2 cm³/mol. The zero-order valence-corrected chi connectivity index (χ0v) is 14.6. The third-order valence-electron chi connectivity index (χ3n) is 4.83. The van der Waals surface area contributed by atoms with Crippen molar-refractivity contribution in [3.05, 3.63) is 30.6 Å². The maximum Gasteiger partial charge on any atom is 0.165 e. The van der Waals surface area contributed by atoms with Gasteiger partial charge in [0, 0.05) is 38.4 Å². The summed E-state index contributed by atoms with van der Waals surface area (Å²) in [5, 5.41) is 7.83. The van der Waals surface area contributed by atoms with Gasteiger partial charge in [0.25, 0.3) is 0 Å². The lowest BCUT2D eigenvalue weighted by Crippen LogP contribution is -2.21. The van der Waals surface area contributed by atoms with Crippen LogP contribution in [0.2, 0.25) is 0 Å². The minimum absolute atomic E-state index is 0.0699. The Morgan fingerprint density at radius 2 is 2.16 bits per heavy atom. The molecule has 1 aliphatic heterocycles. The SMILES string of the molecule is CCn1nccc1[C@@H]1OCC[C@H]1CNc1ncnc2c1ncn2CC. The molecule has 0 bridgehead atoms. The normalized spacial score (nSPS) is 20.4.